The third kappa shape index (κ3) is 9.12. The molecule has 0 bridgehead atoms. The number of rotatable bonds is 9. The van der Waals surface area contributed by atoms with Crippen molar-refractivity contribution >= 4 is 24.0 Å². The first-order valence-electron chi connectivity index (χ1n) is 13.6. The van der Waals surface area contributed by atoms with Gasteiger partial charge in [0.05, 0.1) is 6.04 Å². The van der Waals surface area contributed by atoms with E-state index in [-0.39, 0.29) is 12.0 Å². The Morgan fingerprint density at radius 1 is 1.15 bits per heavy atom. The average Bonchev–Trinajstić information content (AvgIpc) is 3.39. The Balaban J connectivity index is 1.37. The maximum absolute atomic E-state index is 13.2. The number of likely N-dealkylation sites (tertiary alicyclic amines) is 1. The zero-order chi connectivity index (χ0) is 27.7. The molecule has 2 fully saturated rings. The highest BCUT2D eigenvalue weighted by molar-refractivity contribution is 5.91. The fourth-order valence-corrected chi connectivity index (χ4v) is 4.54. The van der Waals surface area contributed by atoms with Crippen LogP contribution in [0.15, 0.2) is 48.8 Å². The third-order valence-electron chi connectivity index (χ3n) is 6.49. The van der Waals surface area contributed by atoms with E-state index >= 15 is 0 Å². The Morgan fingerprint density at radius 3 is 2.62 bits per heavy atom. The number of amides is 2. The predicted octanol–water partition coefficient (Wildman–Crippen LogP) is 4.12. The quantitative estimate of drug-likeness (QED) is 0.376. The first kappa shape index (κ1) is 28.7. The third-order valence-corrected chi connectivity index (χ3v) is 6.49. The van der Waals surface area contributed by atoms with Crippen molar-refractivity contribution in [3.05, 3.63) is 59.9 Å². The molecular formula is C29H39N5O5. The molecule has 2 saturated heterocycles. The topological polar surface area (TPSA) is 106 Å². The van der Waals surface area contributed by atoms with Crippen LogP contribution in [0.1, 0.15) is 57.6 Å². The molecule has 10 nitrogen and oxygen atoms in total. The molecule has 0 saturated carbocycles. The molecule has 210 valence electrons. The molecule has 0 spiro atoms. The van der Waals surface area contributed by atoms with Crippen LogP contribution in [0.3, 0.4) is 0 Å². The number of hydrogen-bond donors (Lipinski definition) is 1. The predicted molar refractivity (Wildman–Crippen MR) is 148 cm³/mol. The summed E-state index contributed by atoms with van der Waals surface area (Å²) in [6, 6.07) is 10.3. The van der Waals surface area contributed by atoms with Crippen LogP contribution in [0.5, 0.6) is 0 Å². The molecule has 3 heterocycles. The van der Waals surface area contributed by atoms with Crippen LogP contribution in [0.25, 0.3) is 6.08 Å². The van der Waals surface area contributed by atoms with Crippen LogP contribution >= 0.6 is 0 Å². The molecule has 39 heavy (non-hydrogen) atoms. The zero-order valence-electron chi connectivity index (χ0n) is 23.0. The minimum absolute atomic E-state index is 0.109. The highest BCUT2D eigenvalue weighted by atomic mass is 16.8. The van der Waals surface area contributed by atoms with Crippen molar-refractivity contribution in [2.75, 3.05) is 31.1 Å². The molecule has 4 rings (SSSR count). The van der Waals surface area contributed by atoms with Crippen molar-refractivity contribution in [3.8, 4) is 0 Å². The van der Waals surface area contributed by atoms with E-state index in [1.165, 1.54) is 11.6 Å². The first-order valence-corrected chi connectivity index (χ1v) is 13.6. The molecule has 2 aliphatic heterocycles. The minimum Gasteiger partial charge on any atom is -0.443 e. The molecule has 2 aliphatic rings. The number of nitrogens with one attached hydrogen (secondary N) is 1. The maximum atomic E-state index is 13.2. The van der Waals surface area contributed by atoms with Gasteiger partial charge in [-0.2, -0.15) is 0 Å². The maximum Gasteiger partial charge on any atom is 0.417 e. The lowest BCUT2D eigenvalue weighted by Crippen LogP contribution is -2.46. The standard InChI is InChI=1S/C29H39N5O5/c1-29(2,3)38-28(36)34(24-15-17-33(21-24)16-14-22-9-5-4-6-10-22)27-30-19-23(20-31-27)12-13-25(35)32-39-26-11-7-8-18-37-26/h4-6,9-10,12-13,19-20,24,26H,7-8,11,14-18,21H2,1-3H3,(H,32,35)/b13-12+/t24-,26?/m1/s1. The Bertz CT molecular complexity index is 1100. The van der Waals surface area contributed by atoms with E-state index in [2.05, 4.69) is 44.6 Å². The molecule has 10 heteroatoms. The van der Waals surface area contributed by atoms with E-state index < -0.39 is 23.9 Å². The molecule has 1 aromatic heterocycles. The van der Waals surface area contributed by atoms with Gasteiger partial charge in [0.2, 0.25) is 5.95 Å². The van der Waals surface area contributed by atoms with Gasteiger partial charge in [-0.15, -0.1) is 0 Å². The van der Waals surface area contributed by atoms with Gasteiger partial charge in [0.25, 0.3) is 5.91 Å². The molecule has 1 unspecified atom stereocenters. The fraction of sp³-hybridized carbons (Fsp3) is 0.517. The summed E-state index contributed by atoms with van der Waals surface area (Å²) in [5, 5.41) is 0. The monoisotopic (exact) mass is 537 g/mol. The molecule has 1 N–H and O–H groups in total. The van der Waals surface area contributed by atoms with Gasteiger partial charge in [0.15, 0.2) is 6.29 Å². The van der Waals surface area contributed by atoms with Crippen LogP contribution in [0.4, 0.5) is 10.7 Å². The summed E-state index contributed by atoms with van der Waals surface area (Å²) in [7, 11) is 0. The minimum atomic E-state index is -0.651. The van der Waals surface area contributed by atoms with E-state index in [0.717, 1.165) is 45.2 Å². The van der Waals surface area contributed by atoms with Gasteiger partial charge >= 0.3 is 6.09 Å². The van der Waals surface area contributed by atoms with Gasteiger partial charge < -0.3 is 14.4 Å². The summed E-state index contributed by atoms with van der Waals surface area (Å²) in [4.78, 5) is 43.5. The molecular weight excluding hydrogens is 498 g/mol. The van der Waals surface area contributed by atoms with Crippen molar-refractivity contribution in [3.63, 3.8) is 0 Å². The Kier molecular flexibility index (Phi) is 10.0. The second-order valence-corrected chi connectivity index (χ2v) is 10.9. The number of nitrogens with zero attached hydrogens (tertiary/aromatic N) is 4. The van der Waals surface area contributed by atoms with Crippen LogP contribution in [-0.4, -0.2) is 71.0 Å². The summed E-state index contributed by atoms with van der Waals surface area (Å²) in [5.74, 6) is -0.135. The molecule has 2 atom stereocenters. The van der Waals surface area contributed by atoms with E-state index in [1.807, 2.05) is 26.8 Å². The second kappa shape index (κ2) is 13.6. The molecule has 2 aromatic rings. The summed E-state index contributed by atoms with van der Waals surface area (Å²) >= 11 is 0. The number of benzene rings is 1. The van der Waals surface area contributed by atoms with Crippen molar-refractivity contribution in [1.82, 2.24) is 20.3 Å². The van der Waals surface area contributed by atoms with Gasteiger partial charge in [-0.25, -0.2) is 30.0 Å². The van der Waals surface area contributed by atoms with E-state index in [1.54, 1.807) is 23.4 Å². The number of carbonyl (C=O) groups excluding carboxylic acids is 2. The van der Waals surface area contributed by atoms with Crippen molar-refractivity contribution < 1.29 is 23.9 Å². The number of aromatic nitrogens is 2. The molecule has 0 radical (unpaired) electrons. The van der Waals surface area contributed by atoms with E-state index in [9.17, 15) is 9.59 Å². The lowest BCUT2D eigenvalue weighted by atomic mass is 10.1. The highest BCUT2D eigenvalue weighted by Crippen LogP contribution is 2.23. The summed E-state index contributed by atoms with van der Waals surface area (Å²) in [6.45, 7) is 8.65. The van der Waals surface area contributed by atoms with Crippen molar-refractivity contribution in [1.29, 1.82) is 0 Å². The van der Waals surface area contributed by atoms with Gasteiger partial charge in [0.1, 0.15) is 5.60 Å². The molecule has 0 aliphatic carbocycles. The SMILES string of the molecule is CC(C)(C)OC(=O)N(c1ncc(/C=C/C(=O)NOC2CCCCO2)cn1)[C@@H]1CCN(CCc2ccccc2)C1. The lowest BCUT2D eigenvalue weighted by Gasteiger charge is -2.30. The molecule has 2 amide bonds. The summed E-state index contributed by atoms with van der Waals surface area (Å²) < 4.78 is 11.1. The van der Waals surface area contributed by atoms with Crippen molar-refractivity contribution in [2.24, 2.45) is 0 Å². The lowest BCUT2D eigenvalue weighted by molar-refractivity contribution is -0.198. The Morgan fingerprint density at radius 2 is 1.92 bits per heavy atom. The largest absolute Gasteiger partial charge is 0.443 e. The smallest absolute Gasteiger partial charge is 0.417 e. The van der Waals surface area contributed by atoms with Crippen LogP contribution in [0.2, 0.25) is 0 Å². The zero-order valence-corrected chi connectivity index (χ0v) is 23.0. The molecule has 1 aromatic carbocycles. The van der Waals surface area contributed by atoms with Crippen molar-refractivity contribution in [2.45, 2.75) is 70.8 Å². The Labute approximate surface area is 230 Å². The number of hydroxylamine groups is 1. The Hall–Kier alpha value is -3.34. The van der Waals surface area contributed by atoms with Gasteiger partial charge in [-0.05, 0) is 58.1 Å². The van der Waals surface area contributed by atoms with Crippen LogP contribution in [-0.2, 0) is 25.5 Å². The number of anilines is 1. The normalized spacial score (nSPS) is 20.2. The van der Waals surface area contributed by atoms with Gasteiger partial charge in [-0.1, -0.05) is 30.3 Å². The van der Waals surface area contributed by atoms with Gasteiger partial charge in [-0.3, -0.25) is 4.79 Å². The van der Waals surface area contributed by atoms with Crippen LogP contribution < -0.4 is 10.4 Å². The van der Waals surface area contributed by atoms with E-state index in [4.69, 9.17) is 14.3 Å². The second-order valence-electron chi connectivity index (χ2n) is 10.9. The first-order chi connectivity index (χ1) is 18.8. The fourth-order valence-electron chi connectivity index (χ4n) is 4.54. The highest BCUT2D eigenvalue weighted by Gasteiger charge is 2.35. The summed E-state index contributed by atoms with van der Waals surface area (Å²) in [5.41, 5.74) is 3.64. The van der Waals surface area contributed by atoms with Gasteiger partial charge in [0, 0.05) is 56.7 Å². The number of carbonyl (C=O) groups is 2. The number of ether oxygens (including phenoxy) is 2. The summed E-state index contributed by atoms with van der Waals surface area (Å²) in [6.07, 6.45) is 9.71. The average molecular weight is 538 g/mol. The number of hydrogen-bond acceptors (Lipinski definition) is 8. The van der Waals surface area contributed by atoms with E-state index in [0.29, 0.717) is 18.7 Å². The van der Waals surface area contributed by atoms with Crippen LogP contribution in [0, 0.1) is 0 Å².